The van der Waals surface area contributed by atoms with Crippen molar-refractivity contribution < 1.29 is 33.4 Å². The molecule has 0 aliphatic carbocycles. The van der Waals surface area contributed by atoms with Crippen LogP contribution in [0.25, 0.3) is 0 Å². The summed E-state index contributed by atoms with van der Waals surface area (Å²) >= 11 is 0.616. The molecule has 1 aromatic carbocycles. The predicted octanol–water partition coefficient (Wildman–Crippen LogP) is 2.08. The molecule has 14 heteroatoms. The van der Waals surface area contributed by atoms with E-state index in [1.807, 2.05) is 5.38 Å². The highest BCUT2D eigenvalue weighted by molar-refractivity contribution is 8.00. The van der Waals surface area contributed by atoms with Gasteiger partial charge >= 0.3 is 5.97 Å². The quantitative estimate of drug-likeness (QED) is 0.213. The number of halogens is 1. The molecule has 35 heavy (non-hydrogen) atoms. The minimum Gasteiger partial charge on any atom is -0.611 e. The monoisotopic (exact) mass is 539 g/mol. The molecule has 0 spiro atoms. The van der Waals surface area contributed by atoms with Gasteiger partial charge in [0, 0.05) is 28.3 Å². The largest absolute Gasteiger partial charge is 0.611 e. The first-order valence-electron chi connectivity index (χ1n) is 10.2. The number of hydrogen-bond donors (Lipinski definition) is 2. The van der Waals surface area contributed by atoms with Gasteiger partial charge in [0.05, 0.1) is 11.3 Å². The molecular formula is C21H18FN3O7S3. The number of β-lactam (4-membered cyclic amide) rings is 1. The van der Waals surface area contributed by atoms with E-state index in [4.69, 9.17) is 0 Å². The topological polar surface area (TPSA) is 153 Å². The van der Waals surface area contributed by atoms with E-state index in [1.54, 1.807) is 12.1 Å². The van der Waals surface area contributed by atoms with Crippen LogP contribution in [0.15, 0.2) is 57.9 Å². The fourth-order valence-electron chi connectivity index (χ4n) is 3.73. The summed E-state index contributed by atoms with van der Waals surface area (Å²) in [6.45, 7) is 0. The highest BCUT2D eigenvalue weighted by Gasteiger charge is 2.55. The predicted molar refractivity (Wildman–Crippen MR) is 127 cm³/mol. The number of thiophene rings is 1. The van der Waals surface area contributed by atoms with Crippen LogP contribution in [0.1, 0.15) is 4.88 Å². The number of hydrogen-bond acceptors (Lipinski definition) is 8. The van der Waals surface area contributed by atoms with E-state index < -0.39 is 57.0 Å². The van der Waals surface area contributed by atoms with Crippen molar-refractivity contribution in [3.63, 3.8) is 0 Å². The van der Waals surface area contributed by atoms with Gasteiger partial charge < -0.3 is 15.0 Å². The smallest absolute Gasteiger partial charge is 0.352 e. The van der Waals surface area contributed by atoms with E-state index in [-0.39, 0.29) is 34.2 Å². The molecule has 2 aromatic rings. The maximum atomic E-state index is 15.2. The molecule has 2 amide bonds. The summed E-state index contributed by atoms with van der Waals surface area (Å²) < 4.78 is 27.8. The number of carbonyl (C=O) groups is 3. The van der Waals surface area contributed by atoms with Crippen LogP contribution < -0.4 is 5.32 Å². The first-order chi connectivity index (χ1) is 16.7. The number of nitrogens with zero attached hydrogens (tertiary/aromatic N) is 2. The Labute approximate surface area is 209 Å². The van der Waals surface area contributed by atoms with Crippen molar-refractivity contribution in [2.24, 2.45) is 0 Å². The molecule has 4 rings (SSSR count). The van der Waals surface area contributed by atoms with Crippen LogP contribution >= 0.6 is 23.1 Å². The molecule has 3 unspecified atom stereocenters. The molecule has 4 atom stereocenters. The first-order valence-corrected chi connectivity index (χ1v) is 13.4. The van der Waals surface area contributed by atoms with E-state index in [0.29, 0.717) is 0 Å². The zero-order valence-electron chi connectivity index (χ0n) is 17.8. The number of nitrogens with one attached hydrogen (secondary N) is 1. The highest BCUT2D eigenvalue weighted by atomic mass is 32.2. The number of nitro groups is 1. The second-order valence-electron chi connectivity index (χ2n) is 7.62. The maximum absolute atomic E-state index is 15.2. The lowest BCUT2D eigenvalue weighted by Gasteiger charge is -2.49. The molecule has 184 valence electrons. The third-order valence-electron chi connectivity index (χ3n) is 5.42. The summed E-state index contributed by atoms with van der Waals surface area (Å²) in [5.41, 5.74) is -0.886. The number of rotatable bonds is 9. The second kappa shape index (κ2) is 10.4. The minimum atomic E-state index is -1.93. The Bertz CT molecular complexity index is 1190. The van der Waals surface area contributed by atoms with E-state index >= 15 is 4.39 Å². The zero-order valence-corrected chi connectivity index (χ0v) is 20.2. The lowest BCUT2D eigenvalue weighted by Crippen LogP contribution is -2.70. The Kier molecular flexibility index (Phi) is 7.44. The third kappa shape index (κ3) is 5.19. The van der Waals surface area contributed by atoms with Crippen molar-refractivity contribution in [3.05, 3.63) is 68.0 Å². The van der Waals surface area contributed by atoms with Crippen molar-refractivity contribution in [3.8, 4) is 0 Å². The fourth-order valence-corrected chi connectivity index (χ4v) is 6.93. The van der Waals surface area contributed by atoms with Crippen LogP contribution in [0, 0.1) is 10.1 Å². The first kappa shape index (κ1) is 25.2. The molecule has 2 N–H and O–H groups in total. The lowest BCUT2D eigenvalue weighted by atomic mass is 10.0. The molecule has 0 saturated carbocycles. The van der Waals surface area contributed by atoms with Crippen molar-refractivity contribution in [2.45, 2.75) is 28.9 Å². The summed E-state index contributed by atoms with van der Waals surface area (Å²) in [7, 11) is 0. The number of aliphatic carboxylic acids is 1. The summed E-state index contributed by atoms with van der Waals surface area (Å²) in [5, 5.41) is 24.2. The molecule has 10 nitrogen and oxygen atoms in total. The Morgan fingerprint density at radius 2 is 2.03 bits per heavy atom. The van der Waals surface area contributed by atoms with Gasteiger partial charge in [0.15, 0.2) is 11.1 Å². The van der Waals surface area contributed by atoms with Crippen molar-refractivity contribution in [2.75, 3.05) is 11.5 Å². The van der Waals surface area contributed by atoms with Gasteiger partial charge in [0.25, 0.3) is 11.6 Å². The molecule has 3 heterocycles. The molecule has 0 radical (unpaired) electrons. The Balaban J connectivity index is 1.45. The number of carbonyl (C=O) groups excluding carboxylic acids is 2. The van der Waals surface area contributed by atoms with Crippen LogP contribution in [0.3, 0.4) is 0 Å². The molecular weight excluding hydrogens is 521 g/mol. The Morgan fingerprint density at radius 3 is 2.63 bits per heavy atom. The van der Waals surface area contributed by atoms with Crippen LogP contribution in [0.2, 0.25) is 0 Å². The third-order valence-corrected chi connectivity index (χ3v) is 8.99. The summed E-state index contributed by atoms with van der Waals surface area (Å²) in [6, 6.07) is 7.46. The van der Waals surface area contributed by atoms with E-state index in [2.05, 4.69) is 5.32 Å². The number of alkyl halides is 1. The Morgan fingerprint density at radius 1 is 1.31 bits per heavy atom. The number of fused-ring (bicyclic) bond motifs is 1. The van der Waals surface area contributed by atoms with Crippen LogP contribution in [-0.4, -0.2) is 66.4 Å². The number of nitro benzene ring substituents is 1. The van der Waals surface area contributed by atoms with Gasteiger partial charge in [-0.25, -0.2) is 9.18 Å². The molecule has 1 fully saturated rings. The second-order valence-corrected chi connectivity index (χ2v) is 11.3. The summed E-state index contributed by atoms with van der Waals surface area (Å²) in [6.07, 6.45) is -1.84. The van der Waals surface area contributed by atoms with Crippen molar-refractivity contribution in [1.29, 1.82) is 0 Å². The van der Waals surface area contributed by atoms with Crippen LogP contribution in [-0.2, 0) is 32.0 Å². The Hall–Kier alpha value is -2.94. The van der Waals surface area contributed by atoms with Crippen molar-refractivity contribution in [1.82, 2.24) is 10.2 Å². The standard InChI is InChI=1S/C21H18FN3O7S3/c22-15(10-35(32)13-5-3-11(4-6-13)25(30)31)14-9-34-20-17(19(27)24(20)18(14)21(28)29)23-16(26)8-12-2-1-7-33-12/h1-7,15,17,20H,8-10H2,(H,23,26)(H,28,29)/t15?,17?,20-,35?/m1/s1. The van der Waals surface area contributed by atoms with Gasteiger partial charge in [-0.3, -0.25) is 24.6 Å². The fraction of sp³-hybridized carbons (Fsp3) is 0.286. The molecule has 1 aromatic heterocycles. The lowest BCUT2D eigenvalue weighted by molar-refractivity contribution is -0.384. The number of carboxylic acid groups (broad SMARTS) is 1. The van der Waals surface area contributed by atoms with Gasteiger partial charge in [-0.1, -0.05) is 6.07 Å². The summed E-state index contributed by atoms with van der Waals surface area (Å²) in [4.78, 5) is 49.0. The van der Waals surface area contributed by atoms with Gasteiger partial charge in [0.2, 0.25) is 5.91 Å². The molecule has 0 bridgehead atoms. The van der Waals surface area contributed by atoms with Crippen LogP contribution in [0.4, 0.5) is 10.1 Å². The van der Waals surface area contributed by atoms with E-state index in [0.717, 1.165) is 33.7 Å². The zero-order chi connectivity index (χ0) is 25.3. The summed E-state index contributed by atoms with van der Waals surface area (Å²) in [5.74, 6) is -3.16. The molecule has 2 aliphatic heterocycles. The number of carboxylic acids is 1. The van der Waals surface area contributed by atoms with Crippen molar-refractivity contribution >= 4 is 57.7 Å². The number of amides is 2. The highest BCUT2D eigenvalue weighted by Crippen LogP contribution is 2.42. The van der Waals surface area contributed by atoms with Gasteiger partial charge in [-0.2, -0.15) is 0 Å². The number of thioether (sulfide) groups is 1. The van der Waals surface area contributed by atoms with Gasteiger partial charge in [-0.05, 0) is 34.8 Å². The van der Waals surface area contributed by atoms with Gasteiger partial charge in [-0.15, -0.1) is 23.1 Å². The van der Waals surface area contributed by atoms with Gasteiger partial charge in [0.1, 0.15) is 22.9 Å². The SMILES string of the molecule is O=C(Cc1cccs1)NC1C(=O)N2C(C(=O)O)=C(C(F)C[S+]([O-])c3ccc([N+](=O)[O-])cc3)CS[C@H]12. The average molecular weight is 540 g/mol. The van der Waals surface area contributed by atoms with E-state index in [1.165, 1.54) is 23.5 Å². The number of non-ortho nitro benzene ring substituents is 1. The molecule has 2 aliphatic rings. The maximum Gasteiger partial charge on any atom is 0.352 e. The van der Waals surface area contributed by atoms with Crippen LogP contribution in [0.5, 0.6) is 0 Å². The normalized spacial score (nSPS) is 21.1. The molecule has 1 saturated heterocycles. The average Bonchev–Trinajstić information content (AvgIpc) is 3.34. The minimum absolute atomic E-state index is 0.0635. The number of benzene rings is 1. The van der Waals surface area contributed by atoms with E-state index in [9.17, 15) is 34.2 Å².